The van der Waals surface area contributed by atoms with Gasteiger partial charge in [-0.1, -0.05) is 23.9 Å². The van der Waals surface area contributed by atoms with Crippen molar-refractivity contribution in [2.45, 2.75) is 24.4 Å². The Morgan fingerprint density at radius 3 is 2.90 bits per heavy atom. The van der Waals surface area contributed by atoms with E-state index in [0.29, 0.717) is 5.78 Å². The number of benzene rings is 1. The maximum Gasteiger partial charge on any atom is 0.253 e. The fourth-order valence-corrected chi connectivity index (χ4v) is 3.08. The Morgan fingerprint density at radius 1 is 1.10 bits per heavy atom. The molecule has 0 radical (unpaired) electrons. The number of hydrogen-bond acceptors (Lipinski definition) is 4. The Kier molecular flexibility index (Phi) is 2.73. The van der Waals surface area contributed by atoms with Crippen LogP contribution < -0.4 is 0 Å². The van der Waals surface area contributed by atoms with E-state index in [2.05, 4.69) is 33.3 Å². The summed E-state index contributed by atoms with van der Waals surface area (Å²) in [4.78, 5) is 9.01. The Bertz CT molecular complexity index is 794. The van der Waals surface area contributed by atoms with Gasteiger partial charge >= 0.3 is 0 Å². The quantitative estimate of drug-likeness (QED) is 0.678. The molecule has 0 spiro atoms. The molecule has 2 heterocycles. The summed E-state index contributed by atoms with van der Waals surface area (Å²) in [6.45, 7) is 0. The van der Waals surface area contributed by atoms with E-state index in [9.17, 15) is 0 Å². The van der Waals surface area contributed by atoms with Gasteiger partial charge in [0.05, 0.1) is 5.69 Å². The van der Waals surface area contributed by atoms with Gasteiger partial charge in [-0.25, -0.2) is 9.50 Å². The van der Waals surface area contributed by atoms with Crippen LogP contribution in [0.3, 0.4) is 0 Å². The van der Waals surface area contributed by atoms with Gasteiger partial charge in [-0.3, -0.25) is 0 Å². The summed E-state index contributed by atoms with van der Waals surface area (Å²) in [7, 11) is 0. The number of hydrogen-bond donors (Lipinski definition) is 0. The Hall–Kier alpha value is -1.88. The molecule has 5 heteroatoms. The summed E-state index contributed by atoms with van der Waals surface area (Å²) < 4.78 is 1.72. The molecule has 2 aromatic heterocycles. The first kappa shape index (κ1) is 11.9. The van der Waals surface area contributed by atoms with Crippen LogP contribution >= 0.6 is 11.8 Å². The van der Waals surface area contributed by atoms with E-state index < -0.39 is 0 Å². The highest BCUT2D eigenvalue weighted by molar-refractivity contribution is 7.98. The van der Waals surface area contributed by atoms with Crippen molar-refractivity contribution in [3.63, 3.8) is 0 Å². The van der Waals surface area contributed by atoms with E-state index in [1.807, 2.05) is 18.5 Å². The average molecular weight is 282 g/mol. The largest absolute Gasteiger partial charge is 0.253 e. The zero-order valence-corrected chi connectivity index (χ0v) is 12.0. The van der Waals surface area contributed by atoms with Gasteiger partial charge in [0.25, 0.3) is 5.78 Å². The molecule has 1 aromatic carbocycles. The van der Waals surface area contributed by atoms with Crippen LogP contribution in [0.25, 0.3) is 17.0 Å². The predicted molar refractivity (Wildman–Crippen MR) is 80.0 cm³/mol. The highest BCUT2D eigenvalue weighted by atomic mass is 32.2. The topological polar surface area (TPSA) is 43.1 Å². The molecule has 0 unspecified atom stereocenters. The molecule has 0 aliphatic heterocycles. The summed E-state index contributed by atoms with van der Waals surface area (Å²) >= 11 is 1.53. The second kappa shape index (κ2) is 4.59. The van der Waals surface area contributed by atoms with Crippen molar-refractivity contribution in [3.05, 3.63) is 41.6 Å². The smallest absolute Gasteiger partial charge is 0.211 e. The molecule has 0 bridgehead atoms. The van der Waals surface area contributed by atoms with Crippen molar-refractivity contribution in [1.29, 1.82) is 0 Å². The Morgan fingerprint density at radius 2 is 2.00 bits per heavy atom. The predicted octanol–water partition coefficient (Wildman–Crippen LogP) is 3.00. The number of nitrogens with zero attached hydrogens (tertiary/aromatic N) is 4. The molecule has 0 fully saturated rings. The minimum absolute atomic E-state index is 0.660. The maximum atomic E-state index is 4.62. The van der Waals surface area contributed by atoms with Crippen molar-refractivity contribution >= 4 is 17.5 Å². The van der Waals surface area contributed by atoms with Crippen LogP contribution in [-0.4, -0.2) is 25.8 Å². The molecule has 1 aliphatic carbocycles. The summed E-state index contributed by atoms with van der Waals surface area (Å²) in [5.41, 5.74) is 5.09. The molecule has 0 amide bonds. The van der Waals surface area contributed by atoms with Gasteiger partial charge in [-0.05, 0) is 48.8 Å². The molecule has 4 nitrogen and oxygen atoms in total. The van der Waals surface area contributed by atoms with E-state index in [1.54, 1.807) is 4.52 Å². The van der Waals surface area contributed by atoms with Crippen LogP contribution in [0.4, 0.5) is 0 Å². The van der Waals surface area contributed by atoms with Gasteiger partial charge in [0, 0.05) is 11.8 Å². The first-order valence-electron chi connectivity index (χ1n) is 6.73. The van der Waals surface area contributed by atoms with E-state index in [-0.39, 0.29) is 0 Å². The van der Waals surface area contributed by atoms with Crippen molar-refractivity contribution in [2.24, 2.45) is 0 Å². The normalized spacial score (nSPS) is 13.8. The lowest BCUT2D eigenvalue weighted by Crippen LogP contribution is -1.93. The lowest BCUT2D eigenvalue weighted by atomic mass is 10.0. The Balaban J connectivity index is 1.81. The van der Waals surface area contributed by atoms with Crippen molar-refractivity contribution in [2.75, 3.05) is 6.26 Å². The molecule has 4 rings (SSSR count). The maximum absolute atomic E-state index is 4.62. The minimum Gasteiger partial charge on any atom is -0.211 e. The molecule has 3 aromatic rings. The van der Waals surface area contributed by atoms with Crippen molar-refractivity contribution in [1.82, 2.24) is 19.6 Å². The number of thioether (sulfide) groups is 1. The molecular weight excluding hydrogens is 268 g/mol. The second-order valence-electron chi connectivity index (χ2n) is 4.99. The van der Waals surface area contributed by atoms with Gasteiger partial charge in [0.2, 0.25) is 5.16 Å². The standard InChI is InChI=1S/C15H14N4S/c1-20-15-17-14-16-13(7-8-19(14)18-15)12-6-5-10-3-2-4-11(10)9-12/h5-9H,2-4H2,1H3. The summed E-state index contributed by atoms with van der Waals surface area (Å²) in [6, 6.07) is 8.67. The van der Waals surface area contributed by atoms with E-state index in [4.69, 9.17) is 0 Å². The SMILES string of the molecule is CSc1nc2nc(-c3ccc4c(c3)CCC4)ccn2n1. The number of fused-ring (bicyclic) bond motifs is 2. The third-order valence-corrected chi connectivity index (χ3v) is 4.30. The zero-order valence-electron chi connectivity index (χ0n) is 11.2. The first-order chi connectivity index (χ1) is 9.83. The molecular formula is C15H14N4S. The van der Waals surface area contributed by atoms with Crippen LogP contribution in [0.5, 0.6) is 0 Å². The van der Waals surface area contributed by atoms with Crippen LogP contribution in [0.2, 0.25) is 0 Å². The van der Waals surface area contributed by atoms with Crippen molar-refractivity contribution in [3.8, 4) is 11.3 Å². The lowest BCUT2D eigenvalue weighted by Gasteiger charge is -2.04. The summed E-state index contributed by atoms with van der Waals surface area (Å²) in [6.07, 6.45) is 7.57. The first-order valence-corrected chi connectivity index (χ1v) is 7.95. The fourth-order valence-electron chi connectivity index (χ4n) is 2.74. The highest BCUT2D eigenvalue weighted by Gasteiger charge is 2.12. The number of aromatic nitrogens is 4. The number of aryl methyl sites for hydroxylation is 2. The Labute approximate surface area is 121 Å². The van der Waals surface area contributed by atoms with E-state index in [1.165, 1.54) is 47.7 Å². The summed E-state index contributed by atoms with van der Waals surface area (Å²) in [5.74, 6) is 0.660. The van der Waals surface area contributed by atoms with Crippen LogP contribution in [0.15, 0.2) is 35.6 Å². The fraction of sp³-hybridized carbons (Fsp3) is 0.267. The van der Waals surface area contributed by atoms with Crippen LogP contribution in [-0.2, 0) is 12.8 Å². The van der Waals surface area contributed by atoms with Gasteiger partial charge in [-0.2, -0.15) is 4.98 Å². The monoisotopic (exact) mass is 282 g/mol. The van der Waals surface area contributed by atoms with Gasteiger partial charge in [-0.15, -0.1) is 5.10 Å². The average Bonchev–Trinajstić information content (AvgIpc) is 3.11. The zero-order chi connectivity index (χ0) is 13.5. The van der Waals surface area contributed by atoms with Crippen molar-refractivity contribution < 1.29 is 0 Å². The van der Waals surface area contributed by atoms with Gasteiger partial charge in [0.15, 0.2) is 0 Å². The van der Waals surface area contributed by atoms with E-state index in [0.717, 1.165) is 10.9 Å². The van der Waals surface area contributed by atoms with Crippen LogP contribution in [0, 0.1) is 0 Å². The molecule has 0 atom stereocenters. The molecule has 0 saturated heterocycles. The molecule has 0 N–H and O–H groups in total. The molecule has 100 valence electrons. The minimum atomic E-state index is 0.660. The molecule has 20 heavy (non-hydrogen) atoms. The van der Waals surface area contributed by atoms with Gasteiger partial charge < -0.3 is 0 Å². The third-order valence-electron chi connectivity index (χ3n) is 3.76. The van der Waals surface area contributed by atoms with Crippen LogP contribution in [0.1, 0.15) is 17.5 Å². The summed E-state index contributed by atoms with van der Waals surface area (Å²) in [5, 5.41) is 5.08. The van der Waals surface area contributed by atoms with Gasteiger partial charge in [0.1, 0.15) is 0 Å². The highest BCUT2D eigenvalue weighted by Crippen LogP contribution is 2.27. The second-order valence-corrected chi connectivity index (χ2v) is 5.77. The lowest BCUT2D eigenvalue weighted by molar-refractivity contribution is 0.881. The number of rotatable bonds is 2. The molecule has 1 aliphatic rings. The third kappa shape index (κ3) is 1.89. The molecule has 0 saturated carbocycles. The van der Waals surface area contributed by atoms with E-state index >= 15 is 0 Å².